The van der Waals surface area contributed by atoms with Crippen LogP contribution in [0.3, 0.4) is 0 Å². The van der Waals surface area contributed by atoms with Gasteiger partial charge in [-0.2, -0.15) is 0 Å². The molecule has 0 spiro atoms. The SMILES string of the molecule is CCOc1ccc(-c2nc(CC(=O)N(Cc3cccs3)CC3CCCO3)cs2)cc1. The molecule has 3 aromatic rings. The lowest BCUT2D eigenvalue weighted by molar-refractivity contribution is -0.132. The van der Waals surface area contributed by atoms with E-state index in [2.05, 4.69) is 6.07 Å². The lowest BCUT2D eigenvalue weighted by atomic mass is 10.2. The summed E-state index contributed by atoms with van der Waals surface area (Å²) in [6.07, 6.45) is 2.55. The Labute approximate surface area is 185 Å². The van der Waals surface area contributed by atoms with E-state index in [1.165, 1.54) is 4.88 Å². The molecule has 3 heterocycles. The number of benzene rings is 1. The first kappa shape index (κ1) is 21.0. The summed E-state index contributed by atoms with van der Waals surface area (Å²) in [6.45, 7) is 4.69. The number of ether oxygens (including phenoxy) is 2. The van der Waals surface area contributed by atoms with Gasteiger partial charge in [0.25, 0.3) is 0 Å². The monoisotopic (exact) mass is 442 g/mol. The summed E-state index contributed by atoms with van der Waals surface area (Å²) in [6, 6.07) is 12.0. The highest BCUT2D eigenvalue weighted by atomic mass is 32.1. The second-order valence-corrected chi connectivity index (χ2v) is 9.16. The van der Waals surface area contributed by atoms with Crippen LogP contribution in [-0.2, 0) is 22.5 Å². The van der Waals surface area contributed by atoms with Crippen molar-refractivity contribution in [2.24, 2.45) is 0 Å². The highest BCUT2D eigenvalue weighted by molar-refractivity contribution is 7.13. The number of hydrogen-bond acceptors (Lipinski definition) is 6. The van der Waals surface area contributed by atoms with E-state index in [1.807, 2.05) is 52.9 Å². The van der Waals surface area contributed by atoms with Crippen molar-refractivity contribution in [3.8, 4) is 16.3 Å². The lowest BCUT2D eigenvalue weighted by Gasteiger charge is -2.25. The lowest BCUT2D eigenvalue weighted by Crippen LogP contribution is -2.37. The molecule has 1 aromatic carbocycles. The van der Waals surface area contributed by atoms with Crippen LogP contribution in [0.5, 0.6) is 5.75 Å². The number of carbonyl (C=O) groups is 1. The molecule has 5 nitrogen and oxygen atoms in total. The normalized spacial score (nSPS) is 16.0. The molecule has 1 fully saturated rings. The van der Waals surface area contributed by atoms with E-state index in [0.717, 1.165) is 41.5 Å². The summed E-state index contributed by atoms with van der Waals surface area (Å²) < 4.78 is 11.3. The van der Waals surface area contributed by atoms with Gasteiger partial charge in [-0.3, -0.25) is 4.79 Å². The Hall–Kier alpha value is -2.22. The molecule has 1 aliphatic heterocycles. The van der Waals surface area contributed by atoms with Crippen LogP contribution < -0.4 is 4.74 Å². The Bertz CT molecular complexity index is 932. The topological polar surface area (TPSA) is 51.7 Å². The Balaban J connectivity index is 1.42. The number of nitrogens with zero attached hydrogens (tertiary/aromatic N) is 2. The number of carbonyl (C=O) groups excluding carboxylic acids is 1. The minimum absolute atomic E-state index is 0.0995. The molecule has 1 amide bonds. The van der Waals surface area contributed by atoms with E-state index in [0.29, 0.717) is 26.1 Å². The van der Waals surface area contributed by atoms with Gasteiger partial charge in [-0.1, -0.05) is 6.07 Å². The van der Waals surface area contributed by atoms with Crippen LogP contribution in [0.25, 0.3) is 10.6 Å². The average Bonchev–Trinajstić information content (AvgIpc) is 3.52. The van der Waals surface area contributed by atoms with Gasteiger partial charge in [0.05, 0.1) is 31.4 Å². The number of thiophene rings is 1. The summed E-state index contributed by atoms with van der Waals surface area (Å²) in [5.74, 6) is 0.953. The fourth-order valence-electron chi connectivity index (χ4n) is 3.53. The van der Waals surface area contributed by atoms with Crippen LogP contribution in [0.1, 0.15) is 30.3 Å². The molecule has 1 aliphatic rings. The average molecular weight is 443 g/mol. The fourth-order valence-corrected chi connectivity index (χ4v) is 5.07. The van der Waals surface area contributed by atoms with Crippen LogP contribution in [-0.4, -0.2) is 41.7 Å². The van der Waals surface area contributed by atoms with Gasteiger partial charge < -0.3 is 14.4 Å². The van der Waals surface area contributed by atoms with Gasteiger partial charge in [-0.05, 0) is 55.5 Å². The predicted molar refractivity (Wildman–Crippen MR) is 121 cm³/mol. The largest absolute Gasteiger partial charge is 0.494 e. The molecule has 4 rings (SSSR count). The summed E-state index contributed by atoms with van der Waals surface area (Å²) in [5.41, 5.74) is 1.86. The van der Waals surface area contributed by atoms with Gasteiger partial charge in [0.1, 0.15) is 10.8 Å². The van der Waals surface area contributed by atoms with E-state index in [4.69, 9.17) is 14.5 Å². The highest BCUT2D eigenvalue weighted by Crippen LogP contribution is 2.26. The fraction of sp³-hybridized carbons (Fsp3) is 0.391. The van der Waals surface area contributed by atoms with Crippen LogP contribution in [0.4, 0.5) is 0 Å². The molecule has 0 bridgehead atoms. The summed E-state index contributed by atoms with van der Waals surface area (Å²) in [4.78, 5) is 20.9. The predicted octanol–water partition coefficient (Wildman–Crippen LogP) is 5.02. The van der Waals surface area contributed by atoms with E-state index in [-0.39, 0.29) is 12.0 Å². The molecule has 0 radical (unpaired) electrons. The smallest absolute Gasteiger partial charge is 0.229 e. The minimum atomic E-state index is 0.0995. The molecule has 2 aromatic heterocycles. The molecule has 1 atom stereocenters. The third-order valence-corrected chi connectivity index (χ3v) is 6.83. The zero-order valence-electron chi connectivity index (χ0n) is 17.1. The van der Waals surface area contributed by atoms with Crippen LogP contribution in [0.15, 0.2) is 47.2 Å². The van der Waals surface area contributed by atoms with Crippen molar-refractivity contribution in [3.63, 3.8) is 0 Å². The number of amides is 1. The van der Waals surface area contributed by atoms with Crippen LogP contribution in [0, 0.1) is 0 Å². The number of aromatic nitrogens is 1. The molecular weight excluding hydrogens is 416 g/mol. The van der Waals surface area contributed by atoms with Crippen molar-refractivity contribution in [2.75, 3.05) is 19.8 Å². The molecule has 0 N–H and O–H groups in total. The van der Waals surface area contributed by atoms with E-state index >= 15 is 0 Å². The standard InChI is InChI=1S/C23H26N2O3S2/c1-2-27-19-9-7-17(8-10-19)23-24-18(16-30-23)13-22(26)25(14-20-5-3-11-28-20)15-21-6-4-12-29-21/h4,6-10,12,16,20H,2-3,5,11,13-15H2,1H3. The Morgan fingerprint density at radius 3 is 2.83 bits per heavy atom. The highest BCUT2D eigenvalue weighted by Gasteiger charge is 2.24. The maximum absolute atomic E-state index is 13.1. The van der Waals surface area contributed by atoms with E-state index in [1.54, 1.807) is 22.7 Å². The van der Waals surface area contributed by atoms with Crippen molar-refractivity contribution in [1.82, 2.24) is 9.88 Å². The summed E-state index contributed by atoms with van der Waals surface area (Å²) >= 11 is 3.25. The Morgan fingerprint density at radius 2 is 2.13 bits per heavy atom. The summed E-state index contributed by atoms with van der Waals surface area (Å²) in [7, 11) is 0. The Kier molecular flexibility index (Phi) is 7.15. The summed E-state index contributed by atoms with van der Waals surface area (Å²) in [5, 5.41) is 4.96. The third-order valence-electron chi connectivity index (χ3n) is 5.02. The first-order valence-corrected chi connectivity index (χ1v) is 12.1. The molecule has 7 heteroatoms. The number of hydrogen-bond donors (Lipinski definition) is 0. The maximum Gasteiger partial charge on any atom is 0.229 e. The molecule has 1 saturated heterocycles. The molecule has 30 heavy (non-hydrogen) atoms. The maximum atomic E-state index is 13.1. The van der Waals surface area contributed by atoms with Gasteiger partial charge in [-0.25, -0.2) is 4.98 Å². The zero-order chi connectivity index (χ0) is 20.8. The Morgan fingerprint density at radius 1 is 1.27 bits per heavy atom. The van der Waals surface area contributed by atoms with Crippen LogP contribution in [0.2, 0.25) is 0 Å². The van der Waals surface area contributed by atoms with Crippen molar-refractivity contribution in [1.29, 1.82) is 0 Å². The van der Waals surface area contributed by atoms with Crippen molar-refractivity contribution < 1.29 is 14.3 Å². The number of rotatable bonds is 9. The van der Waals surface area contributed by atoms with Gasteiger partial charge >= 0.3 is 0 Å². The van der Waals surface area contributed by atoms with Crippen molar-refractivity contribution in [2.45, 2.75) is 38.8 Å². The van der Waals surface area contributed by atoms with Crippen molar-refractivity contribution in [3.05, 3.63) is 57.7 Å². The molecular formula is C23H26N2O3S2. The van der Waals surface area contributed by atoms with Gasteiger partial charge in [0.2, 0.25) is 5.91 Å². The van der Waals surface area contributed by atoms with E-state index < -0.39 is 0 Å². The number of thiazole rings is 1. The molecule has 158 valence electrons. The van der Waals surface area contributed by atoms with E-state index in [9.17, 15) is 4.79 Å². The van der Waals surface area contributed by atoms with Crippen LogP contribution >= 0.6 is 22.7 Å². The first-order valence-electron chi connectivity index (χ1n) is 10.3. The first-order chi connectivity index (χ1) is 14.7. The molecule has 1 unspecified atom stereocenters. The molecule has 0 saturated carbocycles. The molecule has 0 aliphatic carbocycles. The van der Waals surface area contributed by atoms with Gasteiger partial charge in [0, 0.05) is 29.0 Å². The van der Waals surface area contributed by atoms with Gasteiger partial charge in [0.15, 0.2) is 0 Å². The minimum Gasteiger partial charge on any atom is -0.494 e. The second kappa shape index (κ2) is 10.2. The second-order valence-electron chi connectivity index (χ2n) is 7.27. The quantitative estimate of drug-likeness (QED) is 0.467. The zero-order valence-corrected chi connectivity index (χ0v) is 18.7. The van der Waals surface area contributed by atoms with Crippen molar-refractivity contribution >= 4 is 28.6 Å². The third kappa shape index (κ3) is 5.47. The van der Waals surface area contributed by atoms with Gasteiger partial charge in [-0.15, -0.1) is 22.7 Å².